The van der Waals surface area contributed by atoms with E-state index in [9.17, 15) is 4.79 Å². The number of carbonyl (C=O) groups is 1. The largest absolute Gasteiger partial charge is 0.348 e. The number of carbonyl (C=O) groups excluding carboxylic acids is 1. The summed E-state index contributed by atoms with van der Waals surface area (Å²) in [5.74, 6) is 1.04. The predicted molar refractivity (Wildman–Crippen MR) is 78.1 cm³/mol. The van der Waals surface area contributed by atoms with Crippen LogP contribution in [0.15, 0.2) is 0 Å². The monoisotopic (exact) mass is 267 g/mol. The van der Waals surface area contributed by atoms with Gasteiger partial charge in [-0.3, -0.25) is 9.69 Å². The number of nitrogens with one attached hydrogen (secondary N) is 1. The van der Waals surface area contributed by atoms with E-state index in [0.29, 0.717) is 12.6 Å². The molecular formula is C15H29N3O. The number of likely N-dealkylation sites (tertiary alicyclic amines) is 1. The predicted octanol–water partition coefficient (Wildman–Crippen LogP) is 1.32. The number of hydrogen-bond acceptors (Lipinski definition) is 3. The van der Waals surface area contributed by atoms with E-state index in [1.807, 2.05) is 14.1 Å². The molecule has 2 aliphatic rings. The van der Waals surface area contributed by atoms with Crippen molar-refractivity contribution in [1.82, 2.24) is 15.1 Å². The third-order valence-corrected chi connectivity index (χ3v) is 4.68. The molecule has 2 fully saturated rings. The molecule has 4 heteroatoms. The number of amides is 1. The fourth-order valence-corrected chi connectivity index (χ4v) is 3.47. The maximum Gasteiger partial charge on any atom is 0.236 e. The fraction of sp³-hybridized carbons (Fsp3) is 0.933. The molecule has 0 aromatic rings. The Hall–Kier alpha value is -0.610. The maximum absolute atomic E-state index is 12.0. The summed E-state index contributed by atoms with van der Waals surface area (Å²) in [5.41, 5.74) is 0. The first-order chi connectivity index (χ1) is 9.18. The first kappa shape index (κ1) is 14.8. The molecule has 0 saturated carbocycles. The van der Waals surface area contributed by atoms with Crippen molar-refractivity contribution in [1.29, 1.82) is 0 Å². The Bertz CT molecular complexity index is 287. The summed E-state index contributed by atoms with van der Waals surface area (Å²) in [5, 5.41) is 3.45. The Morgan fingerprint density at radius 1 is 1.16 bits per heavy atom. The van der Waals surface area contributed by atoms with E-state index in [4.69, 9.17) is 0 Å². The normalized spacial score (nSPS) is 26.9. The van der Waals surface area contributed by atoms with Crippen LogP contribution in [-0.2, 0) is 4.79 Å². The maximum atomic E-state index is 12.0. The Balaban J connectivity index is 1.99. The van der Waals surface area contributed by atoms with E-state index in [2.05, 4.69) is 10.2 Å². The van der Waals surface area contributed by atoms with Gasteiger partial charge >= 0.3 is 0 Å². The zero-order chi connectivity index (χ0) is 13.7. The van der Waals surface area contributed by atoms with Gasteiger partial charge in [-0.25, -0.2) is 0 Å². The molecule has 19 heavy (non-hydrogen) atoms. The lowest BCUT2D eigenvalue weighted by atomic mass is 9.87. The highest BCUT2D eigenvalue weighted by Crippen LogP contribution is 2.28. The van der Waals surface area contributed by atoms with Gasteiger partial charge in [0.2, 0.25) is 5.91 Å². The lowest BCUT2D eigenvalue weighted by Crippen LogP contribution is -2.47. The molecule has 2 aliphatic heterocycles. The van der Waals surface area contributed by atoms with Crippen molar-refractivity contribution >= 4 is 5.91 Å². The Kier molecular flexibility index (Phi) is 5.64. The van der Waals surface area contributed by atoms with Gasteiger partial charge in [-0.1, -0.05) is 12.8 Å². The smallest absolute Gasteiger partial charge is 0.236 e. The molecule has 1 atom stereocenters. The number of likely N-dealkylation sites (N-methyl/N-ethyl adjacent to an activating group) is 1. The minimum absolute atomic E-state index is 0.251. The molecule has 0 aromatic carbocycles. The van der Waals surface area contributed by atoms with Crippen LogP contribution >= 0.6 is 0 Å². The van der Waals surface area contributed by atoms with Gasteiger partial charge in [-0.2, -0.15) is 0 Å². The summed E-state index contributed by atoms with van der Waals surface area (Å²) in [4.78, 5) is 16.2. The third-order valence-electron chi connectivity index (χ3n) is 4.68. The van der Waals surface area contributed by atoms with Crippen LogP contribution in [0.4, 0.5) is 0 Å². The van der Waals surface area contributed by atoms with Gasteiger partial charge in [0.15, 0.2) is 0 Å². The molecule has 2 rings (SSSR count). The van der Waals surface area contributed by atoms with Gasteiger partial charge in [-0.05, 0) is 51.2 Å². The van der Waals surface area contributed by atoms with Crippen molar-refractivity contribution in [2.24, 2.45) is 5.92 Å². The summed E-state index contributed by atoms with van der Waals surface area (Å²) in [6.45, 7) is 4.02. The zero-order valence-electron chi connectivity index (χ0n) is 12.5. The average molecular weight is 267 g/mol. The van der Waals surface area contributed by atoms with Gasteiger partial charge in [0.1, 0.15) is 0 Å². The second-order valence-electron chi connectivity index (χ2n) is 6.26. The average Bonchev–Trinajstić information content (AvgIpc) is 2.65. The van der Waals surface area contributed by atoms with Crippen LogP contribution in [0.1, 0.15) is 38.5 Å². The van der Waals surface area contributed by atoms with E-state index < -0.39 is 0 Å². The molecule has 2 saturated heterocycles. The van der Waals surface area contributed by atoms with E-state index in [0.717, 1.165) is 25.6 Å². The Morgan fingerprint density at radius 2 is 1.89 bits per heavy atom. The zero-order valence-corrected chi connectivity index (χ0v) is 12.5. The molecule has 2 heterocycles. The molecule has 0 aliphatic carbocycles. The molecule has 4 nitrogen and oxygen atoms in total. The molecule has 0 radical (unpaired) electrons. The van der Waals surface area contributed by atoms with Crippen LogP contribution in [-0.4, -0.2) is 62.0 Å². The van der Waals surface area contributed by atoms with Crippen LogP contribution in [0.3, 0.4) is 0 Å². The molecule has 110 valence electrons. The number of hydrogen-bond donors (Lipinski definition) is 1. The summed E-state index contributed by atoms with van der Waals surface area (Å²) in [6, 6.07) is 0.633. The van der Waals surface area contributed by atoms with Crippen molar-refractivity contribution < 1.29 is 4.79 Å². The quantitative estimate of drug-likeness (QED) is 0.838. The molecule has 1 unspecified atom stereocenters. The summed E-state index contributed by atoms with van der Waals surface area (Å²) in [6.07, 6.45) is 7.75. The minimum Gasteiger partial charge on any atom is -0.348 e. The number of nitrogens with zero attached hydrogens (tertiary/aromatic N) is 2. The van der Waals surface area contributed by atoms with Crippen LogP contribution < -0.4 is 5.32 Å². The second-order valence-corrected chi connectivity index (χ2v) is 6.26. The standard InChI is InChI=1S/C15H29N3O/c1-17(2)15(19)12-18-11-5-3-4-6-14(18)13-7-9-16-10-8-13/h13-14,16H,3-12H2,1-2H3. The van der Waals surface area contributed by atoms with Gasteiger partial charge in [0, 0.05) is 20.1 Å². The Morgan fingerprint density at radius 3 is 2.58 bits per heavy atom. The first-order valence-electron chi connectivity index (χ1n) is 7.83. The van der Waals surface area contributed by atoms with Gasteiger partial charge in [0.25, 0.3) is 0 Å². The van der Waals surface area contributed by atoms with Crippen molar-refractivity contribution in [2.45, 2.75) is 44.6 Å². The lowest BCUT2D eigenvalue weighted by molar-refractivity contribution is -0.130. The van der Waals surface area contributed by atoms with Crippen LogP contribution in [0.25, 0.3) is 0 Å². The Labute approximate surface area is 117 Å². The minimum atomic E-state index is 0.251. The highest BCUT2D eigenvalue weighted by Gasteiger charge is 2.30. The first-order valence-corrected chi connectivity index (χ1v) is 7.83. The van der Waals surface area contributed by atoms with Crippen LogP contribution in [0.5, 0.6) is 0 Å². The van der Waals surface area contributed by atoms with Crippen LogP contribution in [0, 0.1) is 5.92 Å². The van der Waals surface area contributed by atoms with Gasteiger partial charge in [-0.15, -0.1) is 0 Å². The van der Waals surface area contributed by atoms with Crippen LogP contribution in [0.2, 0.25) is 0 Å². The second kappa shape index (κ2) is 7.25. The van der Waals surface area contributed by atoms with Gasteiger partial charge in [0.05, 0.1) is 6.54 Å². The lowest BCUT2D eigenvalue weighted by Gasteiger charge is -2.38. The van der Waals surface area contributed by atoms with E-state index in [-0.39, 0.29) is 5.91 Å². The topological polar surface area (TPSA) is 35.6 Å². The van der Waals surface area contributed by atoms with E-state index >= 15 is 0 Å². The number of piperidine rings is 1. The van der Waals surface area contributed by atoms with Crippen molar-refractivity contribution in [3.63, 3.8) is 0 Å². The summed E-state index contributed by atoms with van der Waals surface area (Å²) in [7, 11) is 3.72. The van der Waals surface area contributed by atoms with Crippen molar-refractivity contribution in [3.05, 3.63) is 0 Å². The molecule has 1 N–H and O–H groups in total. The third kappa shape index (κ3) is 4.18. The molecule has 0 spiro atoms. The van der Waals surface area contributed by atoms with E-state index in [1.165, 1.54) is 38.5 Å². The fourth-order valence-electron chi connectivity index (χ4n) is 3.47. The highest BCUT2D eigenvalue weighted by molar-refractivity contribution is 5.77. The summed E-state index contributed by atoms with van der Waals surface area (Å²) >= 11 is 0. The molecular weight excluding hydrogens is 238 g/mol. The molecule has 1 amide bonds. The van der Waals surface area contributed by atoms with Crippen molar-refractivity contribution in [3.8, 4) is 0 Å². The van der Waals surface area contributed by atoms with Gasteiger partial charge < -0.3 is 10.2 Å². The number of rotatable bonds is 3. The SMILES string of the molecule is CN(C)C(=O)CN1CCCCCC1C1CCNCC1. The molecule has 0 aromatic heterocycles. The van der Waals surface area contributed by atoms with Crippen molar-refractivity contribution in [2.75, 3.05) is 40.3 Å². The highest BCUT2D eigenvalue weighted by atomic mass is 16.2. The van der Waals surface area contributed by atoms with E-state index in [1.54, 1.807) is 4.90 Å². The summed E-state index contributed by atoms with van der Waals surface area (Å²) < 4.78 is 0. The molecule has 0 bridgehead atoms.